The molecular formula is C17H16F3N3O5. The lowest BCUT2D eigenvalue weighted by atomic mass is 9.89. The van der Waals surface area contributed by atoms with Gasteiger partial charge in [-0.15, -0.1) is 0 Å². The highest BCUT2D eigenvalue weighted by Gasteiger charge is 2.67. The van der Waals surface area contributed by atoms with Crippen LogP contribution in [0.3, 0.4) is 0 Å². The van der Waals surface area contributed by atoms with E-state index in [1.807, 2.05) is 5.32 Å². The summed E-state index contributed by atoms with van der Waals surface area (Å²) in [5.74, 6) is -2.67. The van der Waals surface area contributed by atoms with Crippen LogP contribution >= 0.6 is 0 Å². The van der Waals surface area contributed by atoms with Gasteiger partial charge in [0.15, 0.2) is 11.5 Å². The van der Waals surface area contributed by atoms with E-state index in [0.29, 0.717) is 0 Å². The van der Waals surface area contributed by atoms with Gasteiger partial charge in [0.2, 0.25) is 5.75 Å². The fraction of sp³-hybridized carbons (Fsp3) is 0.353. The SMILES string of the molecule is COc1cc(C(=O)N[C@]2(C(F)(F)F)C(=O)NC(C)=C2C#N)cc(OC)c1OC. The summed E-state index contributed by atoms with van der Waals surface area (Å²) in [5, 5.41) is 12.8. The minimum atomic E-state index is -5.27. The first-order chi connectivity index (χ1) is 13.1. The molecule has 0 bridgehead atoms. The Bertz CT molecular complexity index is 879. The standard InChI is InChI=1S/C17H16F3N3O5/c1-8-10(7-21)16(15(25)22-8,17(18,19)20)23-14(24)9-5-11(26-2)13(28-4)12(6-9)27-3/h5-6H,1-4H3,(H,22,25)(H,23,24)/t16-/m0/s1. The number of alkyl halides is 3. The Morgan fingerprint density at radius 3 is 2.11 bits per heavy atom. The molecule has 0 fully saturated rings. The Kier molecular flexibility index (Phi) is 5.45. The third-order valence-corrected chi connectivity index (χ3v) is 4.16. The van der Waals surface area contributed by atoms with E-state index in [2.05, 4.69) is 0 Å². The van der Waals surface area contributed by atoms with Crippen molar-refractivity contribution in [2.24, 2.45) is 0 Å². The molecule has 2 rings (SSSR count). The highest BCUT2D eigenvalue weighted by atomic mass is 19.4. The Hall–Kier alpha value is -3.42. The average Bonchev–Trinajstić information content (AvgIpc) is 2.89. The van der Waals surface area contributed by atoms with Crippen molar-refractivity contribution < 1.29 is 37.0 Å². The van der Waals surface area contributed by atoms with Crippen LogP contribution in [0.5, 0.6) is 17.2 Å². The van der Waals surface area contributed by atoms with E-state index >= 15 is 0 Å². The lowest BCUT2D eigenvalue weighted by Crippen LogP contribution is -2.64. The molecule has 0 saturated carbocycles. The van der Waals surface area contributed by atoms with Crippen molar-refractivity contribution >= 4 is 11.8 Å². The molecule has 1 aromatic carbocycles. The van der Waals surface area contributed by atoms with Gasteiger partial charge in [-0.2, -0.15) is 18.4 Å². The van der Waals surface area contributed by atoms with Gasteiger partial charge in [0.25, 0.3) is 17.4 Å². The van der Waals surface area contributed by atoms with Crippen molar-refractivity contribution in [2.75, 3.05) is 21.3 Å². The quantitative estimate of drug-likeness (QED) is 0.780. The molecule has 0 spiro atoms. The third-order valence-electron chi connectivity index (χ3n) is 4.16. The third kappa shape index (κ3) is 3.06. The summed E-state index contributed by atoms with van der Waals surface area (Å²) < 4.78 is 56.7. The van der Waals surface area contributed by atoms with Crippen molar-refractivity contribution in [1.82, 2.24) is 10.6 Å². The fourth-order valence-corrected chi connectivity index (χ4v) is 2.80. The molecule has 150 valence electrons. The second-order valence-electron chi connectivity index (χ2n) is 5.68. The number of carbonyl (C=O) groups excluding carboxylic acids is 2. The summed E-state index contributed by atoms with van der Waals surface area (Å²) in [7, 11) is 3.84. The number of halogens is 3. The summed E-state index contributed by atoms with van der Waals surface area (Å²) in [6.07, 6.45) is -5.27. The van der Waals surface area contributed by atoms with Crippen LogP contribution in [0.2, 0.25) is 0 Å². The first-order valence-electron chi connectivity index (χ1n) is 7.69. The van der Waals surface area contributed by atoms with Crippen LogP contribution < -0.4 is 24.8 Å². The van der Waals surface area contributed by atoms with Crippen LogP contribution in [-0.4, -0.2) is 44.9 Å². The van der Waals surface area contributed by atoms with Crippen molar-refractivity contribution in [2.45, 2.75) is 18.6 Å². The zero-order valence-corrected chi connectivity index (χ0v) is 15.3. The molecule has 2 N–H and O–H groups in total. The van der Waals surface area contributed by atoms with E-state index in [-0.39, 0.29) is 28.5 Å². The number of ether oxygens (including phenoxy) is 3. The van der Waals surface area contributed by atoms with E-state index in [0.717, 1.165) is 19.1 Å². The van der Waals surface area contributed by atoms with Crippen LogP contribution in [0.15, 0.2) is 23.4 Å². The summed E-state index contributed by atoms with van der Waals surface area (Å²) in [4.78, 5) is 24.8. The van der Waals surface area contributed by atoms with Gasteiger partial charge in [-0.1, -0.05) is 0 Å². The van der Waals surface area contributed by atoms with Crippen molar-refractivity contribution in [1.29, 1.82) is 5.26 Å². The first kappa shape index (κ1) is 20.9. The Morgan fingerprint density at radius 1 is 1.18 bits per heavy atom. The van der Waals surface area contributed by atoms with Gasteiger partial charge >= 0.3 is 6.18 Å². The zero-order valence-electron chi connectivity index (χ0n) is 15.3. The summed E-state index contributed by atoms with van der Waals surface area (Å²) in [5.41, 5.74) is -5.04. The smallest absolute Gasteiger partial charge is 0.425 e. The lowest BCUT2D eigenvalue weighted by Gasteiger charge is -2.30. The van der Waals surface area contributed by atoms with Crippen molar-refractivity contribution in [3.63, 3.8) is 0 Å². The molecule has 8 nitrogen and oxygen atoms in total. The highest BCUT2D eigenvalue weighted by Crippen LogP contribution is 2.42. The molecule has 0 radical (unpaired) electrons. The van der Waals surface area contributed by atoms with E-state index in [1.54, 1.807) is 5.32 Å². The molecule has 0 aliphatic carbocycles. The van der Waals surface area contributed by atoms with Crippen molar-refractivity contribution in [3.05, 3.63) is 29.0 Å². The maximum Gasteiger partial charge on any atom is 0.425 e. The molecule has 1 aliphatic rings. The molecule has 2 amide bonds. The van der Waals surface area contributed by atoms with E-state index in [4.69, 9.17) is 19.5 Å². The highest BCUT2D eigenvalue weighted by molar-refractivity contribution is 6.05. The molecule has 11 heteroatoms. The van der Waals surface area contributed by atoms with Gasteiger partial charge in [-0.25, -0.2) is 0 Å². The predicted octanol–water partition coefficient (Wildman–Crippen LogP) is 1.67. The number of benzene rings is 1. The number of methoxy groups -OCH3 is 3. The number of nitriles is 1. The number of rotatable bonds is 5. The number of allylic oxidation sites excluding steroid dienone is 1. The normalized spacial score (nSPS) is 19.0. The van der Waals surface area contributed by atoms with Gasteiger partial charge < -0.3 is 24.8 Å². The molecule has 1 atom stereocenters. The van der Waals surface area contributed by atoms with E-state index in [1.165, 1.54) is 27.4 Å². The topological polar surface area (TPSA) is 110 Å². The average molecular weight is 399 g/mol. The monoisotopic (exact) mass is 399 g/mol. The summed E-state index contributed by atoms with van der Waals surface area (Å²) in [6, 6.07) is 3.60. The van der Waals surface area contributed by atoms with Crippen LogP contribution in [0, 0.1) is 11.3 Å². The number of nitrogens with one attached hydrogen (secondary N) is 2. The van der Waals surface area contributed by atoms with Gasteiger partial charge in [0.05, 0.1) is 33.0 Å². The Balaban J connectivity index is 2.59. The fourth-order valence-electron chi connectivity index (χ4n) is 2.80. The van der Waals surface area contributed by atoms with E-state index in [9.17, 15) is 22.8 Å². The summed E-state index contributed by atoms with van der Waals surface area (Å²) >= 11 is 0. The van der Waals surface area contributed by atoms with Crippen LogP contribution in [0.25, 0.3) is 0 Å². The van der Waals surface area contributed by atoms with Crippen LogP contribution in [-0.2, 0) is 4.79 Å². The summed E-state index contributed by atoms with van der Waals surface area (Å²) in [6.45, 7) is 1.13. The zero-order chi connectivity index (χ0) is 21.3. The molecule has 0 aromatic heterocycles. The first-order valence-corrected chi connectivity index (χ1v) is 7.69. The number of hydrogen-bond donors (Lipinski definition) is 2. The second kappa shape index (κ2) is 7.30. The molecule has 1 aliphatic heterocycles. The minimum Gasteiger partial charge on any atom is -0.493 e. The Morgan fingerprint density at radius 2 is 1.71 bits per heavy atom. The lowest BCUT2D eigenvalue weighted by molar-refractivity contribution is -0.184. The number of nitrogens with zero attached hydrogens (tertiary/aromatic N) is 1. The van der Waals surface area contributed by atoms with E-state index < -0.39 is 29.1 Å². The van der Waals surface area contributed by atoms with Crippen molar-refractivity contribution in [3.8, 4) is 23.3 Å². The maximum atomic E-state index is 13.8. The molecular weight excluding hydrogens is 383 g/mol. The van der Waals surface area contributed by atoms with Crippen LogP contribution in [0.4, 0.5) is 13.2 Å². The molecule has 1 heterocycles. The second-order valence-corrected chi connectivity index (χ2v) is 5.68. The molecule has 28 heavy (non-hydrogen) atoms. The van der Waals surface area contributed by atoms with Gasteiger partial charge in [0, 0.05) is 11.3 Å². The number of hydrogen-bond acceptors (Lipinski definition) is 6. The predicted molar refractivity (Wildman–Crippen MR) is 88.8 cm³/mol. The number of carbonyl (C=O) groups is 2. The van der Waals surface area contributed by atoms with Gasteiger partial charge in [0.1, 0.15) is 0 Å². The largest absolute Gasteiger partial charge is 0.493 e. The number of amides is 2. The van der Waals surface area contributed by atoms with Gasteiger partial charge in [-0.05, 0) is 19.1 Å². The molecule has 0 saturated heterocycles. The van der Waals surface area contributed by atoms with Gasteiger partial charge in [-0.3, -0.25) is 9.59 Å². The van der Waals surface area contributed by atoms with Crippen LogP contribution in [0.1, 0.15) is 17.3 Å². The minimum absolute atomic E-state index is 0.0242. The Labute approximate surface area is 157 Å². The maximum absolute atomic E-state index is 13.8. The molecule has 1 aromatic rings. The molecule has 0 unspecified atom stereocenters.